The van der Waals surface area contributed by atoms with Crippen molar-refractivity contribution in [1.82, 2.24) is 24.6 Å². The number of nitrogens with one attached hydrogen (secondary N) is 1. The maximum atomic E-state index is 12.7. The number of fused-ring (bicyclic) bond motifs is 1. The summed E-state index contributed by atoms with van der Waals surface area (Å²) in [6.45, 7) is 4.33. The maximum absolute atomic E-state index is 12.7. The molecule has 0 spiro atoms. The van der Waals surface area contributed by atoms with Crippen LogP contribution < -0.4 is 5.56 Å². The first-order chi connectivity index (χ1) is 12.7. The summed E-state index contributed by atoms with van der Waals surface area (Å²) >= 11 is 0. The third kappa shape index (κ3) is 3.39. The molecule has 1 aliphatic rings. The Balaban J connectivity index is 1.33. The lowest BCUT2D eigenvalue weighted by Crippen LogP contribution is -2.49. The zero-order valence-corrected chi connectivity index (χ0v) is 14.5. The fourth-order valence-corrected chi connectivity index (χ4v) is 3.33. The molecule has 0 radical (unpaired) electrons. The normalized spacial score (nSPS) is 15.5. The average Bonchev–Trinajstić information content (AvgIpc) is 3.15. The molecule has 0 aliphatic carbocycles. The number of rotatable bonds is 4. The fraction of sp³-hybridized carbons (Fsp3) is 0.316. The van der Waals surface area contributed by atoms with Gasteiger partial charge >= 0.3 is 0 Å². The van der Waals surface area contributed by atoms with Crippen LogP contribution in [0.4, 0.5) is 0 Å². The summed E-state index contributed by atoms with van der Waals surface area (Å²) in [7, 11) is 0. The van der Waals surface area contributed by atoms with Gasteiger partial charge < -0.3 is 9.88 Å². The SMILES string of the molecule is O=C(c1ccc2[nH]ccc2c1)N1CCN(CCn2ncccc2=O)CC1. The number of benzene rings is 1. The molecule has 7 heteroatoms. The van der Waals surface area contributed by atoms with E-state index in [1.54, 1.807) is 12.3 Å². The number of carbonyl (C=O) groups excluding carboxylic acids is 1. The Morgan fingerprint density at radius 2 is 1.92 bits per heavy atom. The number of nitrogens with zero attached hydrogens (tertiary/aromatic N) is 4. The van der Waals surface area contributed by atoms with Crippen molar-refractivity contribution in [2.24, 2.45) is 0 Å². The molecular formula is C19H21N5O2. The maximum Gasteiger partial charge on any atom is 0.266 e. The number of hydrogen-bond donors (Lipinski definition) is 1. The highest BCUT2D eigenvalue weighted by molar-refractivity contribution is 5.98. The van der Waals surface area contributed by atoms with Gasteiger partial charge in [0.25, 0.3) is 11.5 Å². The number of H-pyrrole nitrogens is 1. The van der Waals surface area contributed by atoms with E-state index in [0.717, 1.165) is 36.1 Å². The Hall–Kier alpha value is -2.93. The van der Waals surface area contributed by atoms with Crippen molar-refractivity contribution in [3.8, 4) is 0 Å². The van der Waals surface area contributed by atoms with Crippen molar-refractivity contribution in [2.45, 2.75) is 6.54 Å². The molecule has 1 amide bonds. The van der Waals surface area contributed by atoms with E-state index in [9.17, 15) is 9.59 Å². The summed E-state index contributed by atoms with van der Waals surface area (Å²) < 4.78 is 1.48. The van der Waals surface area contributed by atoms with E-state index < -0.39 is 0 Å². The minimum atomic E-state index is -0.0820. The van der Waals surface area contributed by atoms with E-state index in [0.29, 0.717) is 19.6 Å². The molecule has 0 atom stereocenters. The predicted molar refractivity (Wildman–Crippen MR) is 99.1 cm³/mol. The van der Waals surface area contributed by atoms with Crippen molar-refractivity contribution < 1.29 is 4.79 Å². The largest absolute Gasteiger partial charge is 0.361 e. The van der Waals surface area contributed by atoms with Gasteiger partial charge in [-0.1, -0.05) is 0 Å². The molecule has 26 heavy (non-hydrogen) atoms. The van der Waals surface area contributed by atoms with Gasteiger partial charge in [-0.25, -0.2) is 4.68 Å². The lowest BCUT2D eigenvalue weighted by molar-refractivity contribution is 0.0631. The van der Waals surface area contributed by atoms with Gasteiger partial charge in [-0.05, 0) is 30.3 Å². The first-order valence-electron chi connectivity index (χ1n) is 8.82. The molecule has 3 aromatic rings. The molecule has 1 fully saturated rings. The zero-order valence-electron chi connectivity index (χ0n) is 14.5. The Kier molecular flexibility index (Phi) is 4.53. The lowest BCUT2D eigenvalue weighted by atomic mass is 10.1. The number of hydrogen-bond acceptors (Lipinski definition) is 4. The van der Waals surface area contributed by atoms with Gasteiger partial charge in [0.2, 0.25) is 0 Å². The summed E-state index contributed by atoms with van der Waals surface area (Å²) in [6.07, 6.45) is 3.50. The van der Waals surface area contributed by atoms with Gasteiger partial charge in [0.05, 0.1) is 6.54 Å². The van der Waals surface area contributed by atoms with E-state index in [2.05, 4.69) is 15.0 Å². The Labute approximate surface area is 150 Å². The summed E-state index contributed by atoms with van der Waals surface area (Å²) in [5, 5.41) is 5.13. The summed E-state index contributed by atoms with van der Waals surface area (Å²) in [6, 6.07) is 10.9. The first kappa shape index (κ1) is 16.5. The van der Waals surface area contributed by atoms with Crippen molar-refractivity contribution in [2.75, 3.05) is 32.7 Å². The van der Waals surface area contributed by atoms with Crippen molar-refractivity contribution in [3.63, 3.8) is 0 Å². The molecule has 1 aliphatic heterocycles. The molecule has 1 saturated heterocycles. The fourth-order valence-electron chi connectivity index (χ4n) is 3.33. The summed E-state index contributed by atoms with van der Waals surface area (Å²) in [5.41, 5.74) is 1.68. The smallest absolute Gasteiger partial charge is 0.266 e. The van der Waals surface area contributed by atoms with E-state index in [-0.39, 0.29) is 11.5 Å². The quantitative estimate of drug-likeness (QED) is 0.766. The lowest BCUT2D eigenvalue weighted by Gasteiger charge is -2.34. The standard InChI is InChI=1S/C19H21N5O2/c25-18-2-1-6-21-24(18)13-10-22-8-11-23(12-9-22)19(26)16-3-4-17-15(14-16)5-7-20-17/h1-7,14,20H,8-13H2. The number of piperazine rings is 1. The third-order valence-corrected chi connectivity index (χ3v) is 4.87. The minimum Gasteiger partial charge on any atom is -0.361 e. The van der Waals surface area contributed by atoms with E-state index >= 15 is 0 Å². The van der Waals surface area contributed by atoms with Crippen LogP contribution in [-0.2, 0) is 6.54 Å². The van der Waals surface area contributed by atoms with Crippen molar-refractivity contribution >= 4 is 16.8 Å². The summed E-state index contributed by atoms with van der Waals surface area (Å²) in [5.74, 6) is 0.0775. The van der Waals surface area contributed by atoms with Gasteiger partial charge in [-0.3, -0.25) is 14.5 Å². The van der Waals surface area contributed by atoms with Crippen LogP contribution in [0.5, 0.6) is 0 Å². The van der Waals surface area contributed by atoms with Crippen LogP contribution >= 0.6 is 0 Å². The molecule has 0 bridgehead atoms. The molecule has 0 unspecified atom stereocenters. The topological polar surface area (TPSA) is 74.2 Å². The molecule has 0 saturated carbocycles. The molecule has 1 N–H and O–H groups in total. The van der Waals surface area contributed by atoms with Crippen LogP contribution in [-0.4, -0.2) is 63.2 Å². The number of aromatic nitrogens is 3. The molecule has 7 nitrogen and oxygen atoms in total. The third-order valence-electron chi connectivity index (χ3n) is 4.87. The highest BCUT2D eigenvalue weighted by Gasteiger charge is 2.22. The van der Waals surface area contributed by atoms with E-state index in [4.69, 9.17) is 0 Å². The van der Waals surface area contributed by atoms with Crippen LogP contribution in [0.1, 0.15) is 10.4 Å². The monoisotopic (exact) mass is 351 g/mol. The minimum absolute atomic E-state index is 0.0775. The Bertz CT molecular complexity index is 969. The van der Waals surface area contributed by atoms with E-state index in [1.807, 2.05) is 35.4 Å². The van der Waals surface area contributed by atoms with Gasteiger partial charge in [-0.15, -0.1) is 0 Å². The Morgan fingerprint density at radius 3 is 2.73 bits per heavy atom. The second-order valence-electron chi connectivity index (χ2n) is 6.50. The van der Waals surface area contributed by atoms with Gasteiger partial charge in [-0.2, -0.15) is 5.10 Å². The molecule has 4 rings (SSSR count). The highest BCUT2D eigenvalue weighted by Crippen LogP contribution is 2.16. The second kappa shape index (κ2) is 7.13. The summed E-state index contributed by atoms with van der Waals surface area (Å²) in [4.78, 5) is 31.7. The van der Waals surface area contributed by atoms with Crippen LogP contribution in [0.25, 0.3) is 10.9 Å². The molecule has 2 aromatic heterocycles. The predicted octanol–water partition coefficient (Wildman–Crippen LogP) is 1.18. The van der Waals surface area contributed by atoms with Gasteiger partial charge in [0.1, 0.15) is 0 Å². The van der Waals surface area contributed by atoms with Crippen LogP contribution in [0.15, 0.2) is 53.6 Å². The average molecular weight is 351 g/mol. The second-order valence-corrected chi connectivity index (χ2v) is 6.50. The Morgan fingerprint density at radius 1 is 1.08 bits per heavy atom. The van der Waals surface area contributed by atoms with Crippen molar-refractivity contribution in [3.05, 3.63) is 64.7 Å². The van der Waals surface area contributed by atoms with Crippen LogP contribution in [0.2, 0.25) is 0 Å². The van der Waals surface area contributed by atoms with Gasteiger partial charge in [0.15, 0.2) is 0 Å². The molecule has 3 heterocycles. The molecular weight excluding hydrogens is 330 g/mol. The van der Waals surface area contributed by atoms with Gasteiger partial charge in [0, 0.05) is 67.7 Å². The molecule has 1 aromatic carbocycles. The first-order valence-corrected chi connectivity index (χ1v) is 8.82. The van der Waals surface area contributed by atoms with Crippen molar-refractivity contribution in [1.29, 1.82) is 0 Å². The highest BCUT2D eigenvalue weighted by atomic mass is 16.2. The number of carbonyl (C=O) groups is 1. The number of amides is 1. The number of aromatic amines is 1. The zero-order chi connectivity index (χ0) is 17.9. The van der Waals surface area contributed by atoms with Crippen LogP contribution in [0, 0.1) is 0 Å². The molecule has 134 valence electrons. The van der Waals surface area contributed by atoms with E-state index in [1.165, 1.54) is 10.7 Å². The van der Waals surface area contributed by atoms with Crippen LogP contribution in [0.3, 0.4) is 0 Å².